The molecular weight excluding hydrogens is 952 g/mol. The van der Waals surface area contributed by atoms with Crippen LogP contribution in [0.15, 0.2) is 121 Å². The van der Waals surface area contributed by atoms with Crippen molar-refractivity contribution in [2.75, 3.05) is 9.80 Å². The van der Waals surface area contributed by atoms with Gasteiger partial charge < -0.3 is 9.80 Å². The predicted molar refractivity (Wildman–Crippen MR) is 341 cm³/mol. The summed E-state index contributed by atoms with van der Waals surface area (Å²) in [5.74, 6) is 0.266. The van der Waals surface area contributed by atoms with E-state index in [-0.39, 0.29) is 56.0 Å². The zero-order chi connectivity index (χ0) is 56.1. The summed E-state index contributed by atoms with van der Waals surface area (Å²) in [4.78, 5) is 5.52. The van der Waals surface area contributed by atoms with Crippen LogP contribution in [0.1, 0.15) is 223 Å². The van der Waals surface area contributed by atoms with E-state index in [9.17, 15) is 0 Å². The fourth-order valence-corrected chi connectivity index (χ4v) is 17.4. The van der Waals surface area contributed by atoms with E-state index in [2.05, 4.69) is 256 Å². The number of hydrogen-bond acceptors (Lipinski definition) is 2. The largest absolute Gasteiger partial charge is 0.311 e. The quantitative estimate of drug-likeness (QED) is 0.162. The molecule has 13 rings (SSSR count). The van der Waals surface area contributed by atoms with E-state index < -0.39 is 0 Å². The summed E-state index contributed by atoms with van der Waals surface area (Å²) >= 11 is 0. The van der Waals surface area contributed by atoms with Crippen LogP contribution in [0, 0.1) is 19.3 Å². The van der Waals surface area contributed by atoms with Crippen molar-refractivity contribution in [3.05, 3.63) is 183 Å². The van der Waals surface area contributed by atoms with Crippen molar-refractivity contribution in [2.24, 2.45) is 5.41 Å². The normalized spacial score (nSPS) is 23.5. The Kier molecular flexibility index (Phi) is 11.2. The van der Waals surface area contributed by atoms with Crippen LogP contribution in [0.3, 0.4) is 0 Å². The molecule has 2 aliphatic heterocycles. The molecule has 0 radical (unpaired) electrons. The number of nitrogens with zero attached hydrogens (tertiary/aromatic N) is 2. The van der Waals surface area contributed by atoms with Gasteiger partial charge in [0.1, 0.15) is 0 Å². The smallest absolute Gasteiger partial charge is 0.252 e. The fourth-order valence-electron chi connectivity index (χ4n) is 17.4. The molecule has 7 aromatic carbocycles. The summed E-state index contributed by atoms with van der Waals surface area (Å²) < 4.78 is 0. The molecule has 0 bridgehead atoms. The summed E-state index contributed by atoms with van der Waals surface area (Å²) in [6.07, 6.45) is 8.54. The fraction of sp³-hybridized carbons (Fsp3) is 0.447. The third-order valence-corrected chi connectivity index (χ3v) is 22.0. The highest BCUT2D eigenvalue weighted by Gasteiger charge is 2.59. The first-order valence-corrected chi connectivity index (χ1v) is 30.5. The van der Waals surface area contributed by atoms with Crippen LogP contribution >= 0.6 is 0 Å². The van der Waals surface area contributed by atoms with Gasteiger partial charge >= 0.3 is 0 Å². The minimum Gasteiger partial charge on any atom is -0.311 e. The lowest BCUT2D eigenvalue weighted by Crippen LogP contribution is -2.61. The van der Waals surface area contributed by atoms with Gasteiger partial charge in [0, 0.05) is 39.9 Å². The van der Waals surface area contributed by atoms with Gasteiger partial charge in [-0.25, -0.2) is 0 Å². The molecule has 0 spiro atoms. The second kappa shape index (κ2) is 16.9. The Hall–Kier alpha value is -5.80. The van der Waals surface area contributed by atoms with E-state index in [1.165, 1.54) is 150 Å². The maximum Gasteiger partial charge on any atom is 0.252 e. The highest BCUT2D eigenvalue weighted by molar-refractivity contribution is 7.00. The van der Waals surface area contributed by atoms with Crippen LogP contribution in [0.25, 0.3) is 11.1 Å². The molecule has 2 nitrogen and oxygen atoms in total. The Morgan fingerprint density at radius 2 is 1.01 bits per heavy atom. The number of fused-ring (bicyclic) bond motifs is 9. The van der Waals surface area contributed by atoms with Gasteiger partial charge in [-0.05, 0) is 215 Å². The Morgan fingerprint density at radius 3 is 1.67 bits per heavy atom. The third kappa shape index (κ3) is 7.61. The molecule has 7 aromatic rings. The number of rotatable bonds is 4. The minimum absolute atomic E-state index is 0.0186. The van der Waals surface area contributed by atoms with E-state index in [1.807, 2.05) is 0 Å². The van der Waals surface area contributed by atoms with Crippen LogP contribution in [-0.2, 0) is 37.9 Å². The molecule has 0 aromatic heterocycles. The molecule has 3 heteroatoms. The summed E-state index contributed by atoms with van der Waals surface area (Å²) in [6, 6.07) is 50.1. The molecule has 0 saturated heterocycles. The van der Waals surface area contributed by atoms with Gasteiger partial charge in [0.05, 0.1) is 5.69 Å². The van der Waals surface area contributed by atoms with Gasteiger partial charge in [0.25, 0.3) is 6.71 Å². The number of hydrogen-bond donors (Lipinski definition) is 0. The van der Waals surface area contributed by atoms with Crippen molar-refractivity contribution in [3.8, 4) is 11.1 Å². The minimum atomic E-state index is -0.0310. The van der Waals surface area contributed by atoms with Gasteiger partial charge in [-0.1, -0.05) is 202 Å². The molecule has 6 aliphatic rings. The maximum absolute atomic E-state index is 2.76. The van der Waals surface area contributed by atoms with Crippen molar-refractivity contribution >= 4 is 57.2 Å². The predicted octanol–water partition coefficient (Wildman–Crippen LogP) is 18.9. The van der Waals surface area contributed by atoms with E-state index in [0.717, 1.165) is 6.42 Å². The Morgan fingerprint density at radius 1 is 0.456 bits per heavy atom. The summed E-state index contributed by atoms with van der Waals surface area (Å²) in [5.41, 5.74) is 31.1. The summed E-state index contributed by atoms with van der Waals surface area (Å²) in [5, 5.41) is 0. The molecule has 1 saturated carbocycles. The highest BCUT2D eigenvalue weighted by atomic mass is 15.2. The van der Waals surface area contributed by atoms with Crippen molar-refractivity contribution in [2.45, 2.75) is 213 Å². The second-order valence-electron chi connectivity index (χ2n) is 31.3. The molecule has 0 amide bonds. The van der Waals surface area contributed by atoms with Crippen molar-refractivity contribution < 1.29 is 0 Å². The number of anilines is 6. The average molecular weight is 1040 g/mol. The van der Waals surface area contributed by atoms with Gasteiger partial charge in [-0.15, -0.1) is 0 Å². The summed E-state index contributed by atoms with van der Waals surface area (Å²) in [6.45, 7) is 44.3. The first-order chi connectivity index (χ1) is 36.9. The average Bonchev–Trinajstić information content (AvgIpc) is 3.94. The van der Waals surface area contributed by atoms with Gasteiger partial charge in [0.15, 0.2) is 0 Å². The third-order valence-electron chi connectivity index (χ3n) is 22.0. The first-order valence-electron chi connectivity index (χ1n) is 30.5. The standard InChI is InChI=1S/C76H89BN2/c1-46-36-65-68-66(37-46)79(62-43-57-55(38-47(62)2)71(9,10)34-35-72(57,11)12)64-44-58-56(73(13,14)45-74(58,15)16)42-60(64)77(68)59-30-26-49(67-52-29-27-51(70(6,7)8)41-54(52)75(17)32-22-23-33-76(67,75)18)39-63(59)78(65)61-31-28-50(69(3,4)5)40-53(61)48-24-20-19-21-25-48/h19-21,24-31,36-44,67H,22-23,32-35,45H2,1-18H3. The Labute approximate surface area is 476 Å². The molecule has 1 fully saturated rings. The van der Waals surface area contributed by atoms with Crippen LogP contribution in [0.5, 0.6) is 0 Å². The molecule has 79 heavy (non-hydrogen) atoms. The number of benzene rings is 7. The van der Waals surface area contributed by atoms with Crippen LogP contribution < -0.4 is 26.2 Å². The van der Waals surface area contributed by atoms with Crippen LogP contribution in [0.2, 0.25) is 0 Å². The van der Waals surface area contributed by atoms with Gasteiger partial charge in [-0.2, -0.15) is 0 Å². The van der Waals surface area contributed by atoms with E-state index >= 15 is 0 Å². The zero-order valence-electron chi connectivity index (χ0n) is 51.5. The summed E-state index contributed by atoms with van der Waals surface area (Å²) in [7, 11) is 0. The first kappa shape index (κ1) is 52.6. The molecule has 0 N–H and O–H groups in total. The SMILES string of the molecule is Cc1cc2c3c(c1)N(c1ccc(C(C)(C)C)cc1-c1ccccc1)c1cc(C4c5ccc(C(C)(C)C)cc5C5(C)CCCCC45C)ccc1B3c1cc3c(cc1N2c1cc2c(cc1C)C(C)(C)CCC2(C)C)C(C)(C)CC3(C)C. The zero-order valence-corrected chi connectivity index (χ0v) is 51.5. The van der Waals surface area contributed by atoms with Crippen molar-refractivity contribution in [1.82, 2.24) is 0 Å². The van der Waals surface area contributed by atoms with Crippen molar-refractivity contribution in [3.63, 3.8) is 0 Å². The molecule has 4 aliphatic carbocycles. The van der Waals surface area contributed by atoms with Crippen molar-refractivity contribution in [1.29, 1.82) is 0 Å². The molecule has 406 valence electrons. The van der Waals surface area contributed by atoms with Gasteiger partial charge in [-0.3, -0.25) is 0 Å². The van der Waals surface area contributed by atoms with Crippen LogP contribution in [0.4, 0.5) is 34.1 Å². The highest BCUT2D eigenvalue weighted by Crippen LogP contribution is 2.67. The molecule has 3 atom stereocenters. The van der Waals surface area contributed by atoms with Gasteiger partial charge in [0.2, 0.25) is 0 Å². The van der Waals surface area contributed by atoms with E-state index in [1.54, 1.807) is 11.1 Å². The maximum atomic E-state index is 2.76. The lowest BCUT2D eigenvalue weighted by atomic mass is 9.33. The molecule has 3 unspecified atom stereocenters. The lowest BCUT2D eigenvalue weighted by Gasteiger charge is -2.49. The Balaban J connectivity index is 1.14. The Bertz CT molecular complexity index is 3700. The van der Waals surface area contributed by atoms with Crippen LogP contribution in [-0.4, -0.2) is 6.71 Å². The van der Waals surface area contributed by atoms with E-state index in [0.29, 0.717) is 0 Å². The molecular formula is C76H89BN2. The second-order valence-corrected chi connectivity index (χ2v) is 31.3. The van der Waals surface area contributed by atoms with E-state index in [4.69, 9.17) is 0 Å². The topological polar surface area (TPSA) is 6.48 Å². The lowest BCUT2D eigenvalue weighted by molar-refractivity contribution is 0.0923. The molecule has 2 heterocycles. The number of aryl methyl sites for hydroxylation is 2. The monoisotopic (exact) mass is 1040 g/mol.